The van der Waals surface area contributed by atoms with Crippen molar-refractivity contribution in [3.8, 4) is 0 Å². The minimum Gasteiger partial charge on any atom is -0.266 e. The molecule has 0 saturated heterocycles. The summed E-state index contributed by atoms with van der Waals surface area (Å²) in [6, 6.07) is 6.26. The van der Waals surface area contributed by atoms with E-state index < -0.39 is 8.07 Å². The van der Waals surface area contributed by atoms with Gasteiger partial charge in [0, 0.05) is 11.5 Å². The lowest BCUT2D eigenvalue weighted by Crippen LogP contribution is -2.47. The molecule has 0 fully saturated rings. The maximum Gasteiger partial charge on any atom is 0.108 e. The van der Waals surface area contributed by atoms with Crippen LogP contribution in [0.4, 0.5) is 0 Å². The zero-order valence-corrected chi connectivity index (χ0v) is 12.0. The van der Waals surface area contributed by atoms with Crippen LogP contribution in [-0.2, 0) is 0 Å². The second-order valence-electron chi connectivity index (χ2n) is 5.02. The Bertz CT molecular complexity index is 356. The number of allylic oxidation sites excluding steroid dienone is 2. The summed E-state index contributed by atoms with van der Waals surface area (Å²) in [5, 5.41) is 1.30. The van der Waals surface area contributed by atoms with Gasteiger partial charge in [-0.2, -0.15) is 0 Å². The van der Waals surface area contributed by atoms with Gasteiger partial charge < -0.3 is 0 Å². The Kier molecular flexibility index (Phi) is 5.36. The van der Waals surface area contributed by atoms with E-state index in [0.717, 1.165) is 12.8 Å². The first-order valence-corrected chi connectivity index (χ1v) is 9.34. The third-order valence-corrected chi connectivity index (χ3v) is 7.70. The van der Waals surface area contributed by atoms with Gasteiger partial charge in [-0.25, -0.2) is 0 Å². The van der Waals surface area contributed by atoms with E-state index in [4.69, 9.17) is 0 Å². The molecule has 0 N–H and O–H groups in total. The fourth-order valence-corrected chi connectivity index (χ4v) is 5.24. The molecular weight excluding hydrogens is 222 g/mol. The van der Waals surface area contributed by atoms with Crippen LogP contribution in [0.2, 0.25) is 18.6 Å². The van der Waals surface area contributed by atoms with Crippen LogP contribution >= 0.6 is 0 Å². The summed E-state index contributed by atoms with van der Waals surface area (Å²) in [7, 11) is -1.50. The first-order chi connectivity index (χ1) is 8.12. The lowest BCUT2D eigenvalue weighted by Gasteiger charge is -2.31. The Morgan fingerprint density at radius 3 is 2.59 bits per heavy atom. The van der Waals surface area contributed by atoms with Crippen molar-refractivity contribution in [1.29, 1.82) is 0 Å². The highest BCUT2D eigenvalue weighted by atomic mass is 28.3. The summed E-state index contributed by atoms with van der Waals surface area (Å²) in [6.07, 6.45) is 9.34. The largest absolute Gasteiger partial charge is 0.266 e. The molecule has 0 aliphatic heterocycles. The summed E-state index contributed by atoms with van der Waals surface area (Å²) in [6.45, 7) is 12.5. The quantitative estimate of drug-likeness (QED) is 0.524. The molecule has 1 heterocycles. The van der Waals surface area contributed by atoms with Crippen molar-refractivity contribution in [2.24, 2.45) is 0 Å². The fourth-order valence-electron chi connectivity index (χ4n) is 2.25. The molecule has 1 rings (SSSR count). The Hall–Kier alpha value is -1.15. The molecule has 0 bridgehead atoms. The number of hydrogen-bond donors (Lipinski definition) is 0. The second kappa shape index (κ2) is 6.55. The van der Waals surface area contributed by atoms with Crippen molar-refractivity contribution in [3.63, 3.8) is 0 Å². The Labute approximate surface area is 106 Å². The van der Waals surface area contributed by atoms with Gasteiger partial charge in [-0.15, -0.1) is 13.2 Å². The third kappa shape index (κ3) is 3.67. The number of rotatable bonds is 7. The fraction of sp³-hybridized carbons (Fsp3) is 0.400. The van der Waals surface area contributed by atoms with Gasteiger partial charge >= 0.3 is 0 Å². The first kappa shape index (κ1) is 13.9. The lowest BCUT2D eigenvalue weighted by molar-refractivity contribution is 0.736. The molecule has 1 aromatic rings. The highest BCUT2D eigenvalue weighted by Crippen LogP contribution is 2.30. The summed E-state index contributed by atoms with van der Waals surface area (Å²) in [4.78, 5) is 4.56. The van der Waals surface area contributed by atoms with E-state index in [1.807, 2.05) is 24.4 Å². The van der Waals surface area contributed by atoms with Gasteiger partial charge in [0.15, 0.2) is 0 Å². The molecule has 0 aliphatic rings. The van der Waals surface area contributed by atoms with Crippen molar-refractivity contribution in [1.82, 2.24) is 4.98 Å². The highest BCUT2D eigenvalue weighted by molar-refractivity contribution is 6.90. The molecule has 17 heavy (non-hydrogen) atoms. The summed E-state index contributed by atoms with van der Waals surface area (Å²) >= 11 is 0. The van der Waals surface area contributed by atoms with Crippen LogP contribution in [0.1, 0.15) is 19.3 Å². The summed E-state index contributed by atoms with van der Waals surface area (Å²) < 4.78 is 0. The van der Waals surface area contributed by atoms with Crippen LogP contribution in [0.15, 0.2) is 49.7 Å². The van der Waals surface area contributed by atoms with Crippen LogP contribution in [0.25, 0.3) is 0 Å². The average Bonchev–Trinajstić information content (AvgIpc) is 2.35. The summed E-state index contributed by atoms with van der Waals surface area (Å²) in [5.74, 6) is 0. The van der Waals surface area contributed by atoms with Gasteiger partial charge in [-0.3, -0.25) is 4.98 Å². The molecule has 92 valence electrons. The molecule has 0 amide bonds. The molecule has 0 radical (unpaired) electrons. The van der Waals surface area contributed by atoms with Gasteiger partial charge in [-0.1, -0.05) is 31.3 Å². The van der Waals surface area contributed by atoms with Crippen molar-refractivity contribution in [2.45, 2.75) is 37.9 Å². The van der Waals surface area contributed by atoms with Crippen LogP contribution in [0.5, 0.6) is 0 Å². The van der Waals surface area contributed by atoms with Gasteiger partial charge in [0.1, 0.15) is 8.07 Å². The Balaban J connectivity index is 2.90. The van der Waals surface area contributed by atoms with Crippen molar-refractivity contribution in [2.75, 3.05) is 0 Å². The van der Waals surface area contributed by atoms with E-state index in [1.54, 1.807) is 0 Å². The van der Waals surface area contributed by atoms with Crippen LogP contribution in [-0.4, -0.2) is 13.1 Å². The maximum absolute atomic E-state index is 4.56. The molecule has 1 aromatic heterocycles. The van der Waals surface area contributed by atoms with Gasteiger partial charge in [0.25, 0.3) is 0 Å². The van der Waals surface area contributed by atoms with Crippen LogP contribution in [0, 0.1) is 0 Å². The smallest absolute Gasteiger partial charge is 0.108 e. The van der Waals surface area contributed by atoms with Crippen molar-refractivity contribution in [3.05, 3.63) is 49.7 Å². The molecular formula is C15H23NSi. The van der Waals surface area contributed by atoms with Crippen LogP contribution in [0.3, 0.4) is 0 Å². The number of hydrogen-bond acceptors (Lipinski definition) is 1. The molecule has 2 heteroatoms. The van der Waals surface area contributed by atoms with E-state index in [-0.39, 0.29) is 0 Å². The summed E-state index contributed by atoms with van der Waals surface area (Å²) in [5.41, 5.74) is 0.702. The molecule has 0 aromatic carbocycles. The Morgan fingerprint density at radius 2 is 2.06 bits per heavy atom. The topological polar surface area (TPSA) is 12.9 Å². The predicted octanol–water partition coefficient (Wildman–Crippen LogP) is 3.91. The molecule has 0 spiro atoms. The predicted molar refractivity (Wildman–Crippen MR) is 79.3 cm³/mol. The third-order valence-electron chi connectivity index (χ3n) is 3.52. The van der Waals surface area contributed by atoms with E-state index in [9.17, 15) is 0 Å². The number of nitrogens with zero attached hydrogens (tertiary/aromatic N) is 1. The lowest BCUT2D eigenvalue weighted by atomic mass is 10.2. The van der Waals surface area contributed by atoms with Gasteiger partial charge in [0.2, 0.25) is 0 Å². The van der Waals surface area contributed by atoms with E-state index in [2.05, 4.69) is 43.4 Å². The SMILES string of the molecule is C=CCC[C@H](CC=C)[Si](C)(C)c1ccccn1. The average molecular weight is 245 g/mol. The van der Waals surface area contributed by atoms with E-state index in [0.29, 0.717) is 5.54 Å². The minimum absolute atomic E-state index is 0.702. The van der Waals surface area contributed by atoms with E-state index >= 15 is 0 Å². The molecule has 1 atom stereocenters. The zero-order valence-electron chi connectivity index (χ0n) is 11.0. The normalized spacial score (nSPS) is 13.1. The number of pyridine rings is 1. The highest BCUT2D eigenvalue weighted by Gasteiger charge is 2.33. The molecule has 1 nitrogen and oxygen atoms in total. The Morgan fingerprint density at radius 1 is 1.29 bits per heavy atom. The van der Waals surface area contributed by atoms with Gasteiger partial charge in [-0.05, 0) is 36.9 Å². The van der Waals surface area contributed by atoms with Crippen molar-refractivity contribution >= 4 is 13.4 Å². The van der Waals surface area contributed by atoms with E-state index in [1.165, 1.54) is 11.7 Å². The number of aromatic nitrogens is 1. The first-order valence-electron chi connectivity index (χ1n) is 6.26. The second-order valence-corrected chi connectivity index (χ2v) is 9.80. The van der Waals surface area contributed by atoms with Gasteiger partial charge in [0.05, 0.1) is 0 Å². The molecule has 0 aliphatic carbocycles. The van der Waals surface area contributed by atoms with Crippen molar-refractivity contribution < 1.29 is 0 Å². The monoisotopic (exact) mass is 245 g/mol. The van der Waals surface area contributed by atoms with Crippen LogP contribution < -0.4 is 5.32 Å². The molecule has 0 saturated carbocycles. The molecule has 0 unspecified atom stereocenters. The standard InChI is InChI=1S/C15H23NSi/c1-5-7-11-14(10-6-2)17(3,4)15-12-8-9-13-16-15/h5-6,8-9,12-14H,1-2,7,10-11H2,3-4H3/t14-/m0/s1. The zero-order chi connectivity index (χ0) is 12.7. The maximum atomic E-state index is 4.56. The minimum atomic E-state index is -1.50.